The van der Waals surface area contributed by atoms with E-state index in [1.165, 1.54) is 0 Å². The van der Waals surface area contributed by atoms with Crippen LogP contribution in [0.15, 0.2) is 47.4 Å². The SMILES string of the molecule is CS(=O)c1ccc(N)cc1Cl.Cc1snnc1C(=O)O.Nc1ccc(N)cc1. The molecular formula is C17H20ClN5O3S2. The van der Waals surface area contributed by atoms with E-state index in [0.29, 0.717) is 20.5 Å². The number of anilines is 3. The summed E-state index contributed by atoms with van der Waals surface area (Å²) in [6.45, 7) is 1.67. The van der Waals surface area contributed by atoms with Crippen LogP contribution in [0, 0.1) is 6.92 Å². The molecule has 0 fully saturated rings. The van der Waals surface area contributed by atoms with Gasteiger partial charge in [-0.1, -0.05) is 16.1 Å². The lowest BCUT2D eigenvalue weighted by atomic mass is 10.3. The largest absolute Gasteiger partial charge is 0.476 e. The summed E-state index contributed by atoms with van der Waals surface area (Å²) < 4.78 is 14.4. The Kier molecular flexibility index (Phi) is 9.36. The third-order valence-electron chi connectivity index (χ3n) is 3.06. The van der Waals surface area contributed by atoms with Crippen molar-refractivity contribution in [1.82, 2.24) is 9.59 Å². The molecule has 0 spiro atoms. The van der Waals surface area contributed by atoms with Gasteiger partial charge in [0.25, 0.3) is 0 Å². The molecular weight excluding hydrogens is 422 g/mol. The van der Waals surface area contributed by atoms with Gasteiger partial charge in [0, 0.05) is 23.3 Å². The molecule has 1 atom stereocenters. The molecule has 8 nitrogen and oxygen atoms in total. The average Bonchev–Trinajstić information content (AvgIpc) is 3.04. The van der Waals surface area contributed by atoms with Gasteiger partial charge in [0.05, 0.1) is 25.6 Å². The first kappa shape index (κ1) is 23.3. The van der Waals surface area contributed by atoms with Gasteiger partial charge in [-0.25, -0.2) is 4.79 Å². The number of aryl methyl sites for hydroxylation is 1. The zero-order chi connectivity index (χ0) is 21.3. The Bertz CT molecular complexity index is 927. The van der Waals surface area contributed by atoms with Gasteiger partial charge in [-0.15, -0.1) is 5.10 Å². The van der Waals surface area contributed by atoms with Gasteiger partial charge in [-0.05, 0) is 60.9 Å². The third kappa shape index (κ3) is 7.91. The number of nitrogen functional groups attached to an aromatic ring is 3. The number of aromatic carboxylic acids is 1. The number of carboxylic acids is 1. The van der Waals surface area contributed by atoms with Crippen molar-refractivity contribution in [3.8, 4) is 0 Å². The summed E-state index contributed by atoms with van der Waals surface area (Å²) in [6, 6.07) is 12.0. The van der Waals surface area contributed by atoms with Gasteiger partial charge in [0.1, 0.15) is 0 Å². The number of aromatic nitrogens is 2. The van der Waals surface area contributed by atoms with Gasteiger partial charge in [0.2, 0.25) is 0 Å². The average molecular weight is 442 g/mol. The fraction of sp³-hybridized carbons (Fsp3) is 0.118. The van der Waals surface area contributed by atoms with Crippen LogP contribution in [0.3, 0.4) is 0 Å². The number of nitrogens with two attached hydrogens (primary N) is 3. The zero-order valence-corrected chi connectivity index (χ0v) is 17.5. The molecule has 11 heteroatoms. The summed E-state index contributed by atoms with van der Waals surface area (Å²) in [5.74, 6) is -1.01. The Balaban J connectivity index is 0.000000213. The van der Waals surface area contributed by atoms with Gasteiger partial charge in [-0.2, -0.15) is 0 Å². The van der Waals surface area contributed by atoms with Crippen molar-refractivity contribution in [3.05, 3.63) is 58.1 Å². The smallest absolute Gasteiger partial charge is 0.357 e. The second-order valence-corrected chi connectivity index (χ2v) is 8.01. The Hall–Kier alpha value is -2.69. The van der Waals surface area contributed by atoms with Crippen molar-refractivity contribution in [2.24, 2.45) is 0 Å². The lowest BCUT2D eigenvalue weighted by Gasteiger charge is -1.99. The minimum Gasteiger partial charge on any atom is -0.476 e. The van der Waals surface area contributed by atoms with Gasteiger partial charge >= 0.3 is 5.97 Å². The highest BCUT2D eigenvalue weighted by molar-refractivity contribution is 7.84. The summed E-state index contributed by atoms with van der Waals surface area (Å²) in [6.07, 6.45) is 1.58. The number of carbonyl (C=O) groups is 1. The van der Waals surface area contributed by atoms with E-state index in [-0.39, 0.29) is 5.69 Å². The van der Waals surface area contributed by atoms with Crippen molar-refractivity contribution in [2.45, 2.75) is 11.8 Å². The molecule has 7 N–H and O–H groups in total. The van der Waals surface area contributed by atoms with E-state index in [1.54, 1.807) is 55.6 Å². The second kappa shape index (κ2) is 11.2. The van der Waals surface area contributed by atoms with Crippen molar-refractivity contribution >= 4 is 57.0 Å². The maximum absolute atomic E-state index is 11.0. The molecule has 2 aromatic carbocycles. The predicted octanol–water partition coefficient (Wildman–Crippen LogP) is 3.06. The second-order valence-electron chi connectivity index (χ2n) is 5.29. The summed E-state index contributed by atoms with van der Waals surface area (Å²) in [5.41, 5.74) is 18.3. The van der Waals surface area contributed by atoms with Crippen molar-refractivity contribution < 1.29 is 14.1 Å². The standard InChI is InChI=1S/C7H8ClNOS.C6H8N2.C4H4N2O2S/c1-11(10)7-3-2-5(9)4-6(7)8;7-5-1-2-6(8)4-3-5;1-2-3(4(7)8)5-6-9-2/h2-4H,9H2,1H3;1-4H,7-8H2;1H3,(H,7,8). The molecule has 1 unspecified atom stereocenters. The monoisotopic (exact) mass is 441 g/mol. The molecule has 1 heterocycles. The molecule has 0 bridgehead atoms. The molecule has 1 aromatic heterocycles. The molecule has 0 aliphatic heterocycles. The zero-order valence-electron chi connectivity index (χ0n) is 15.1. The van der Waals surface area contributed by atoms with Crippen molar-refractivity contribution in [1.29, 1.82) is 0 Å². The van der Waals surface area contributed by atoms with Crippen LogP contribution < -0.4 is 17.2 Å². The maximum atomic E-state index is 11.0. The number of halogens is 1. The van der Waals surface area contributed by atoms with Gasteiger partial charge in [0.15, 0.2) is 5.69 Å². The molecule has 0 saturated carbocycles. The van der Waals surface area contributed by atoms with Crippen LogP contribution in [-0.4, -0.2) is 31.1 Å². The van der Waals surface area contributed by atoms with Gasteiger partial charge in [-0.3, -0.25) is 4.21 Å². The Labute approximate surface area is 173 Å². The number of benzene rings is 2. The molecule has 28 heavy (non-hydrogen) atoms. The molecule has 3 rings (SSSR count). The van der Waals surface area contributed by atoms with E-state index in [1.807, 2.05) is 0 Å². The minimum atomic E-state index is -1.04. The van der Waals surface area contributed by atoms with Crippen LogP contribution in [0.2, 0.25) is 5.02 Å². The van der Waals surface area contributed by atoms with E-state index < -0.39 is 16.8 Å². The third-order valence-corrected chi connectivity index (χ3v) is 5.09. The van der Waals surface area contributed by atoms with Crippen LogP contribution >= 0.6 is 23.1 Å². The van der Waals surface area contributed by atoms with Crippen molar-refractivity contribution in [3.63, 3.8) is 0 Å². The number of carboxylic acid groups (broad SMARTS) is 1. The van der Waals surface area contributed by atoms with E-state index in [0.717, 1.165) is 22.9 Å². The van der Waals surface area contributed by atoms with E-state index in [2.05, 4.69) is 9.59 Å². The highest BCUT2D eigenvalue weighted by Crippen LogP contribution is 2.21. The highest BCUT2D eigenvalue weighted by atomic mass is 35.5. The maximum Gasteiger partial charge on any atom is 0.357 e. The minimum absolute atomic E-state index is 0.0556. The van der Waals surface area contributed by atoms with Crippen LogP contribution in [0.4, 0.5) is 17.1 Å². The number of rotatable bonds is 2. The van der Waals surface area contributed by atoms with E-state index in [9.17, 15) is 9.00 Å². The predicted molar refractivity (Wildman–Crippen MR) is 115 cm³/mol. The van der Waals surface area contributed by atoms with Crippen LogP contribution in [0.1, 0.15) is 15.4 Å². The molecule has 0 aliphatic rings. The first-order chi connectivity index (χ1) is 13.1. The van der Waals surface area contributed by atoms with Crippen LogP contribution in [0.25, 0.3) is 0 Å². The molecule has 0 amide bonds. The molecule has 150 valence electrons. The van der Waals surface area contributed by atoms with E-state index in [4.69, 9.17) is 33.9 Å². The summed E-state index contributed by atoms with van der Waals surface area (Å²) in [7, 11) is -1.04. The number of hydrogen-bond donors (Lipinski definition) is 4. The fourth-order valence-corrected chi connectivity index (χ4v) is 3.24. The number of hydrogen-bond acceptors (Lipinski definition) is 8. The summed E-state index contributed by atoms with van der Waals surface area (Å²) >= 11 is 6.84. The molecule has 0 saturated heterocycles. The fourth-order valence-electron chi connectivity index (χ4n) is 1.68. The molecule has 0 aliphatic carbocycles. The molecule has 0 radical (unpaired) electrons. The Morgan fingerprint density at radius 1 is 1.07 bits per heavy atom. The summed E-state index contributed by atoms with van der Waals surface area (Å²) in [5, 5.41) is 12.2. The van der Waals surface area contributed by atoms with Crippen molar-refractivity contribution in [2.75, 3.05) is 23.5 Å². The van der Waals surface area contributed by atoms with Crippen LogP contribution in [-0.2, 0) is 10.8 Å². The highest BCUT2D eigenvalue weighted by Gasteiger charge is 2.09. The summed E-state index contributed by atoms with van der Waals surface area (Å²) in [4.78, 5) is 11.5. The first-order valence-corrected chi connectivity index (χ1v) is 10.3. The number of nitrogens with zero attached hydrogens (tertiary/aromatic N) is 2. The van der Waals surface area contributed by atoms with E-state index >= 15 is 0 Å². The van der Waals surface area contributed by atoms with Crippen LogP contribution in [0.5, 0.6) is 0 Å². The lowest BCUT2D eigenvalue weighted by molar-refractivity contribution is 0.0689. The Morgan fingerprint density at radius 3 is 1.89 bits per heavy atom. The Morgan fingerprint density at radius 2 is 1.57 bits per heavy atom. The lowest BCUT2D eigenvalue weighted by Crippen LogP contribution is -1.97. The quantitative estimate of drug-likeness (QED) is 0.441. The molecule has 3 aromatic rings. The first-order valence-electron chi connectivity index (χ1n) is 7.63. The van der Waals surface area contributed by atoms with Gasteiger partial charge < -0.3 is 22.3 Å². The topological polar surface area (TPSA) is 158 Å². The normalized spacial score (nSPS) is 10.7.